The molecule has 4 fully saturated rings. The van der Waals surface area contributed by atoms with E-state index in [1.807, 2.05) is 0 Å². The summed E-state index contributed by atoms with van der Waals surface area (Å²) in [5, 5.41) is 0. The lowest BCUT2D eigenvalue weighted by Crippen LogP contribution is -2.60. The topological polar surface area (TPSA) is 36.1 Å². The van der Waals surface area contributed by atoms with E-state index in [4.69, 9.17) is 4.74 Å². The Kier molecular flexibility index (Phi) is 2.62. The monoisotopic (exact) mass is 250 g/mol. The van der Waals surface area contributed by atoms with Gasteiger partial charge in [-0.05, 0) is 31.1 Å². The molecular weight excluding hydrogens is 228 g/mol. The van der Waals surface area contributed by atoms with Crippen LogP contribution in [0.5, 0.6) is 0 Å². The summed E-state index contributed by atoms with van der Waals surface area (Å²) in [5.41, 5.74) is 0. The van der Waals surface area contributed by atoms with E-state index in [1.54, 1.807) is 0 Å². The second kappa shape index (κ2) is 4.20. The highest BCUT2D eigenvalue weighted by atomic mass is 16.6. The van der Waals surface area contributed by atoms with Gasteiger partial charge in [-0.1, -0.05) is 0 Å². The van der Waals surface area contributed by atoms with E-state index in [0.717, 1.165) is 38.5 Å². The molecule has 4 saturated heterocycles. The number of hydrogen-bond acceptors (Lipinski definition) is 3. The molecule has 2 bridgehead atoms. The van der Waals surface area contributed by atoms with E-state index in [0.29, 0.717) is 24.0 Å². The van der Waals surface area contributed by atoms with Crippen LogP contribution in [0, 0.1) is 11.8 Å². The zero-order valence-corrected chi connectivity index (χ0v) is 10.9. The first kappa shape index (κ1) is 11.2. The number of rotatable bonds is 2. The summed E-state index contributed by atoms with van der Waals surface area (Å²) >= 11 is 0. The summed E-state index contributed by atoms with van der Waals surface area (Å²) in [6.45, 7) is 5.45. The van der Waals surface area contributed by atoms with Crippen molar-refractivity contribution in [3.63, 3.8) is 0 Å². The molecule has 100 valence electrons. The molecule has 18 heavy (non-hydrogen) atoms. The van der Waals surface area contributed by atoms with Crippen LogP contribution < -0.4 is 0 Å². The fourth-order valence-electron chi connectivity index (χ4n) is 4.32. The number of ether oxygens (including phenoxy) is 1. The van der Waals surface area contributed by atoms with Crippen molar-refractivity contribution in [1.29, 1.82) is 0 Å². The van der Waals surface area contributed by atoms with Crippen LogP contribution in [0.2, 0.25) is 0 Å². The fraction of sp³-hybridized carbons (Fsp3) is 0.929. The summed E-state index contributed by atoms with van der Waals surface area (Å²) in [7, 11) is 0. The molecule has 4 nitrogen and oxygen atoms in total. The van der Waals surface area contributed by atoms with E-state index >= 15 is 0 Å². The van der Waals surface area contributed by atoms with E-state index < -0.39 is 0 Å². The van der Waals surface area contributed by atoms with Crippen molar-refractivity contribution in [3.05, 3.63) is 0 Å². The first-order valence-corrected chi connectivity index (χ1v) is 7.43. The van der Waals surface area contributed by atoms with Crippen molar-refractivity contribution in [2.45, 2.75) is 37.8 Å². The van der Waals surface area contributed by atoms with Gasteiger partial charge in [-0.25, -0.2) is 0 Å². The highest BCUT2D eigenvalue weighted by Crippen LogP contribution is 2.38. The number of carbonyl (C=O) groups is 1. The molecule has 4 aliphatic rings. The van der Waals surface area contributed by atoms with Gasteiger partial charge in [-0.3, -0.25) is 9.69 Å². The van der Waals surface area contributed by atoms with Crippen molar-refractivity contribution in [3.8, 4) is 0 Å². The average molecular weight is 250 g/mol. The van der Waals surface area contributed by atoms with Gasteiger partial charge in [0.25, 0.3) is 0 Å². The summed E-state index contributed by atoms with van der Waals surface area (Å²) in [5.74, 6) is 1.85. The molecule has 0 saturated carbocycles. The van der Waals surface area contributed by atoms with Crippen molar-refractivity contribution < 1.29 is 9.53 Å². The van der Waals surface area contributed by atoms with Crippen molar-refractivity contribution >= 4 is 5.91 Å². The molecule has 1 unspecified atom stereocenters. The number of piperidine rings is 3. The molecule has 4 aliphatic heterocycles. The second-order valence-electron chi connectivity index (χ2n) is 6.54. The quantitative estimate of drug-likeness (QED) is 0.678. The zero-order chi connectivity index (χ0) is 12.1. The molecule has 0 aliphatic carbocycles. The Bertz CT molecular complexity index is 356. The SMILES string of the molecule is O=C1CCC[C@H]2[C@H]3C[C@@H](CN(CC4CO4)C3)CN12. The molecule has 4 atom stereocenters. The van der Waals surface area contributed by atoms with Crippen LogP contribution in [0.1, 0.15) is 25.7 Å². The second-order valence-corrected chi connectivity index (χ2v) is 6.54. The number of epoxide rings is 1. The smallest absolute Gasteiger partial charge is 0.222 e. The minimum absolute atomic E-state index is 0.417. The third kappa shape index (κ3) is 1.95. The Hall–Kier alpha value is -0.610. The number of carbonyl (C=O) groups excluding carboxylic acids is 1. The first-order valence-electron chi connectivity index (χ1n) is 7.43. The van der Waals surface area contributed by atoms with E-state index in [9.17, 15) is 4.79 Å². The largest absolute Gasteiger partial charge is 0.372 e. The summed E-state index contributed by atoms with van der Waals surface area (Å²) in [4.78, 5) is 16.8. The molecule has 4 heteroatoms. The summed E-state index contributed by atoms with van der Waals surface area (Å²) in [6, 6.07) is 0.547. The lowest BCUT2D eigenvalue weighted by molar-refractivity contribution is -0.145. The Morgan fingerprint density at radius 1 is 1.28 bits per heavy atom. The standard InChI is InChI=1S/C14H22N2O2/c17-14-3-1-2-13-11-4-10(6-16(13)14)5-15(7-11)8-12-9-18-12/h10-13H,1-9H2/t10-,11-,12?,13-/m0/s1. The number of hydrogen-bond donors (Lipinski definition) is 0. The summed E-state index contributed by atoms with van der Waals surface area (Å²) < 4.78 is 5.35. The Balaban J connectivity index is 1.48. The van der Waals surface area contributed by atoms with Gasteiger partial charge >= 0.3 is 0 Å². The maximum Gasteiger partial charge on any atom is 0.222 e. The van der Waals surface area contributed by atoms with Gasteiger partial charge in [0.1, 0.15) is 0 Å². The predicted molar refractivity (Wildman–Crippen MR) is 67.1 cm³/mol. The number of amides is 1. The van der Waals surface area contributed by atoms with Crippen LogP contribution in [0.4, 0.5) is 0 Å². The minimum atomic E-state index is 0.417. The van der Waals surface area contributed by atoms with Gasteiger partial charge in [0.2, 0.25) is 5.91 Å². The van der Waals surface area contributed by atoms with Crippen LogP contribution in [-0.4, -0.2) is 60.6 Å². The lowest BCUT2D eigenvalue weighted by Gasteiger charge is -2.52. The fourth-order valence-corrected chi connectivity index (χ4v) is 4.32. The highest BCUT2D eigenvalue weighted by molar-refractivity contribution is 5.77. The Morgan fingerprint density at radius 3 is 3.00 bits per heavy atom. The van der Waals surface area contributed by atoms with Gasteiger partial charge in [-0.15, -0.1) is 0 Å². The lowest BCUT2D eigenvalue weighted by atomic mass is 9.76. The Labute approximate surface area is 108 Å². The van der Waals surface area contributed by atoms with Crippen LogP contribution in [-0.2, 0) is 9.53 Å². The van der Waals surface area contributed by atoms with E-state index in [1.165, 1.54) is 25.9 Å². The third-order valence-electron chi connectivity index (χ3n) is 5.12. The van der Waals surface area contributed by atoms with E-state index in [2.05, 4.69) is 9.80 Å². The van der Waals surface area contributed by atoms with Gasteiger partial charge in [0, 0.05) is 38.6 Å². The van der Waals surface area contributed by atoms with Gasteiger partial charge in [-0.2, -0.15) is 0 Å². The van der Waals surface area contributed by atoms with Crippen LogP contribution in [0.15, 0.2) is 0 Å². The van der Waals surface area contributed by atoms with Gasteiger partial charge < -0.3 is 9.64 Å². The molecular formula is C14H22N2O2. The maximum absolute atomic E-state index is 12.0. The molecule has 4 heterocycles. The van der Waals surface area contributed by atoms with Crippen molar-refractivity contribution in [2.24, 2.45) is 11.8 Å². The molecule has 1 amide bonds. The van der Waals surface area contributed by atoms with Gasteiger partial charge in [0.15, 0.2) is 0 Å². The van der Waals surface area contributed by atoms with E-state index in [-0.39, 0.29) is 0 Å². The number of likely N-dealkylation sites (tertiary alicyclic amines) is 1. The van der Waals surface area contributed by atoms with Crippen LogP contribution in [0.3, 0.4) is 0 Å². The molecule has 4 rings (SSSR count). The molecule has 0 aromatic carbocycles. The Morgan fingerprint density at radius 2 is 2.17 bits per heavy atom. The molecule has 0 aromatic heterocycles. The van der Waals surface area contributed by atoms with Crippen LogP contribution >= 0.6 is 0 Å². The number of nitrogens with zero attached hydrogens (tertiary/aromatic N) is 2. The molecule has 0 aromatic rings. The maximum atomic E-state index is 12.0. The molecule has 0 radical (unpaired) electrons. The van der Waals surface area contributed by atoms with Crippen molar-refractivity contribution in [2.75, 3.05) is 32.8 Å². The molecule has 0 spiro atoms. The minimum Gasteiger partial charge on any atom is -0.372 e. The average Bonchev–Trinajstić information content (AvgIpc) is 3.14. The zero-order valence-electron chi connectivity index (χ0n) is 10.9. The highest BCUT2D eigenvalue weighted by Gasteiger charge is 2.44. The number of fused-ring (bicyclic) bond motifs is 4. The van der Waals surface area contributed by atoms with Crippen LogP contribution in [0.25, 0.3) is 0 Å². The molecule has 0 N–H and O–H groups in total. The predicted octanol–water partition coefficient (Wildman–Crippen LogP) is 0.718. The third-order valence-corrected chi connectivity index (χ3v) is 5.12. The van der Waals surface area contributed by atoms with Gasteiger partial charge in [0.05, 0.1) is 12.7 Å². The van der Waals surface area contributed by atoms with Crippen molar-refractivity contribution in [1.82, 2.24) is 9.80 Å². The normalized spacial score (nSPS) is 43.8. The summed E-state index contributed by atoms with van der Waals surface area (Å²) in [6.07, 6.45) is 4.98. The first-order chi connectivity index (χ1) is 8.79.